The number of alkyl halides is 3. The van der Waals surface area contributed by atoms with E-state index in [1.54, 1.807) is 6.07 Å². The number of likely N-dealkylation sites (tertiary alicyclic amines) is 1. The molecule has 13 heteroatoms. The van der Waals surface area contributed by atoms with Crippen molar-refractivity contribution in [1.29, 1.82) is 0 Å². The molecule has 4 heterocycles. The Kier molecular flexibility index (Phi) is 6.17. The third-order valence-corrected chi connectivity index (χ3v) is 6.01. The molecule has 2 fully saturated rings. The van der Waals surface area contributed by atoms with Gasteiger partial charge in [-0.25, -0.2) is 0 Å². The Morgan fingerprint density at radius 1 is 1.06 bits per heavy atom. The van der Waals surface area contributed by atoms with Gasteiger partial charge in [-0.15, -0.1) is 15.3 Å². The van der Waals surface area contributed by atoms with Crippen molar-refractivity contribution >= 4 is 23.3 Å². The van der Waals surface area contributed by atoms with Gasteiger partial charge in [0.15, 0.2) is 5.65 Å². The van der Waals surface area contributed by atoms with E-state index in [1.807, 2.05) is 9.80 Å². The Balaban J connectivity index is 1.30. The number of carbonyl (C=O) groups excluding carboxylic acids is 2. The number of amides is 2. The van der Waals surface area contributed by atoms with Crippen molar-refractivity contribution in [1.82, 2.24) is 30.0 Å². The highest BCUT2D eigenvalue weighted by atomic mass is 19.4. The Labute approximate surface area is 181 Å². The largest absolute Gasteiger partial charge is 0.453 e. The van der Waals surface area contributed by atoms with Crippen molar-refractivity contribution in [3.63, 3.8) is 0 Å². The van der Waals surface area contributed by atoms with E-state index in [2.05, 4.69) is 20.6 Å². The molecule has 0 bridgehead atoms. The summed E-state index contributed by atoms with van der Waals surface area (Å²) in [6.07, 6.45) is -1.95. The van der Waals surface area contributed by atoms with Crippen LogP contribution in [0.3, 0.4) is 0 Å². The van der Waals surface area contributed by atoms with Crippen LogP contribution in [0.15, 0.2) is 12.1 Å². The maximum absolute atomic E-state index is 13.1. The van der Waals surface area contributed by atoms with Gasteiger partial charge in [-0.3, -0.25) is 14.5 Å². The fourth-order valence-corrected chi connectivity index (χ4v) is 4.27. The topological polar surface area (TPSA) is 122 Å². The van der Waals surface area contributed by atoms with E-state index in [0.29, 0.717) is 49.4 Å². The number of anilines is 1. The van der Waals surface area contributed by atoms with E-state index in [1.165, 1.54) is 6.07 Å². The summed E-state index contributed by atoms with van der Waals surface area (Å²) >= 11 is 0. The molecular formula is C19H25F3N8O2. The van der Waals surface area contributed by atoms with Crippen molar-refractivity contribution in [2.45, 2.75) is 37.9 Å². The number of primary amides is 1. The number of carbonyl (C=O) groups is 2. The number of hydrogen-bond donors (Lipinski definition) is 2. The van der Waals surface area contributed by atoms with Crippen molar-refractivity contribution in [2.75, 3.05) is 37.6 Å². The van der Waals surface area contributed by atoms with Gasteiger partial charge >= 0.3 is 6.18 Å². The lowest BCUT2D eigenvalue weighted by molar-refractivity contribution is -0.146. The minimum atomic E-state index is -4.65. The normalized spacial score (nSPS) is 19.4. The molecule has 0 radical (unpaired) electrons. The van der Waals surface area contributed by atoms with Crippen LogP contribution in [0.4, 0.5) is 19.0 Å². The van der Waals surface area contributed by atoms with Crippen LogP contribution in [-0.4, -0.2) is 75.3 Å². The molecule has 0 atom stereocenters. The molecule has 2 aliphatic rings. The molecule has 2 aliphatic heterocycles. The monoisotopic (exact) mass is 454 g/mol. The second kappa shape index (κ2) is 8.88. The van der Waals surface area contributed by atoms with Crippen LogP contribution < -0.4 is 16.0 Å². The zero-order chi connectivity index (χ0) is 22.9. The van der Waals surface area contributed by atoms with Crippen molar-refractivity contribution in [3.8, 4) is 0 Å². The standard InChI is InChI=1S/C19H25F3N8O2/c20-19(21,22)18-26-25-15-1-2-16(27-30(15)18)29-9-3-12(4-10-29)17(32)24-13-5-7-28(8-6-13)11-14(23)31/h1-2,12-13H,3-11H2,(H2,23,31)(H,24,32). The molecule has 174 valence electrons. The fraction of sp³-hybridized carbons (Fsp3) is 0.632. The average Bonchev–Trinajstić information content (AvgIpc) is 3.19. The molecule has 0 aliphatic carbocycles. The highest BCUT2D eigenvalue weighted by Crippen LogP contribution is 2.28. The number of aromatic nitrogens is 4. The van der Waals surface area contributed by atoms with Gasteiger partial charge in [0.2, 0.25) is 11.8 Å². The molecule has 0 unspecified atom stereocenters. The van der Waals surface area contributed by atoms with Gasteiger partial charge in [0.05, 0.1) is 6.54 Å². The number of nitrogens with zero attached hydrogens (tertiary/aromatic N) is 6. The molecule has 2 saturated heterocycles. The summed E-state index contributed by atoms with van der Waals surface area (Å²) in [5.41, 5.74) is 5.25. The van der Waals surface area contributed by atoms with Crippen LogP contribution in [0.25, 0.3) is 5.65 Å². The number of hydrogen-bond acceptors (Lipinski definition) is 7. The van der Waals surface area contributed by atoms with Crippen LogP contribution >= 0.6 is 0 Å². The van der Waals surface area contributed by atoms with E-state index in [4.69, 9.17) is 5.73 Å². The number of nitrogens with two attached hydrogens (primary N) is 1. The van der Waals surface area contributed by atoms with Gasteiger partial charge < -0.3 is 16.0 Å². The first kappa shape index (κ1) is 22.2. The summed E-state index contributed by atoms with van der Waals surface area (Å²) in [6.45, 7) is 2.68. The predicted molar refractivity (Wildman–Crippen MR) is 108 cm³/mol. The lowest BCUT2D eigenvalue weighted by atomic mass is 9.94. The van der Waals surface area contributed by atoms with E-state index in [9.17, 15) is 22.8 Å². The SMILES string of the molecule is NC(=O)CN1CCC(NC(=O)C2CCN(c3ccc4nnc(C(F)(F)F)n4n3)CC2)CC1. The van der Waals surface area contributed by atoms with Gasteiger partial charge in [-0.1, -0.05) is 0 Å². The minimum absolute atomic E-state index is 0.000389. The Morgan fingerprint density at radius 2 is 1.75 bits per heavy atom. The minimum Gasteiger partial charge on any atom is -0.369 e. The van der Waals surface area contributed by atoms with Gasteiger partial charge in [-0.2, -0.15) is 17.7 Å². The zero-order valence-corrected chi connectivity index (χ0v) is 17.4. The van der Waals surface area contributed by atoms with Gasteiger partial charge in [0.25, 0.3) is 5.82 Å². The number of halogens is 3. The first-order chi connectivity index (χ1) is 15.2. The predicted octanol–water partition coefficient (Wildman–Crippen LogP) is 0.425. The summed E-state index contributed by atoms with van der Waals surface area (Å²) < 4.78 is 40.0. The number of rotatable bonds is 5. The number of nitrogens with one attached hydrogen (secondary N) is 1. The zero-order valence-electron chi connectivity index (χ0n) is 17.4. The molecule has 0 aromatic carbocycles. The van der Waals surface area contributed by atoms with Crippen LogP contribution in [0.5, 0.6) is 0 Å². The molecule has 0 saturated carbocycles. The molecule has 3 N–H and O–H groups in total. The highest BCUT2D eigenvalue weighted by molar-refractivity contribution is 5.79. The third kappa shape index (κ3) is 4.92. The van der Waals surface area contributed by atoms with Crippen LogP contribution in [0.1, 0.15) is 31.5 Å². The molecule has 2 aromatic rings. The summed E-state index contributed by atoms with van der Waals surface area (Å²) in [7, 11) is 0. The number of piperidine rings is 2. The second-order valence-electron chi connectivity index (χ2n) is 8.27. The summed E-state index contributed by atoms with van der Waals surface area (Å²) in [4.78, 5) is 27.5. The van der Waals surface area contributed by atoms with E-state index in [0.717, 1.165) is 12.8 Å². The van der Waals surface area contributed by atoms with E-state index < -0.39 is 12.0 Å². The average molecular weight is 454 g/mol. The summed E-state index contributed by atoms with van der Waals surface area (Å²) in [5.74, 6) is -1.28. The quantitative estimate of drug-likeness (QED) is 0.672. The highest BCUT2D eigenvalue weighted by Gasteiger charge is 2.38. The van der Waals surface area contributed by atoms with Gasteiger partial charge in [0.1, 0.15) is 5.82 Å². The first-order valence-corrected chi connectivity index (χ1v) is 10.6. The van der Waals surface area contributed by atoms with Gasteiger partial charge in [-0.05, 0) is 37.8 Å². The summed E-state index contributed by atoms with van der Waals surface area (Å²) in [6, 6.07) is 3.14. The maximum Gasteiger partial charge on any atom is 0.453 e. The lowest BCUT2D eigenvalue weighted by Gasteiger charge is -2.35. The Morgan fingerprint density at radius 3 is 2.38 bits per heavy atom. The third-order valence-electron chi connectivity index (χ3n) is 6.01. The van der Waals surface area contributed by atoms with Gasteiger partial charge in [0, 0.05) is 38.1 Å². The van der Waals surface area contributed by atoms with Crippen molar-refractivity contribution < 1.29 is 22.8 Å². The van der Waals surface area contributed by atoms with Crippen LogP contribution in [-0.2, 0) is 15.8 Å². The molecule has 4 rings (SSSR count). The molecule has 10 nitrogen and oxygen atoms in total. The molecule has 2 aromatic heterocycles. The molecule has 32 heavy (non-hydrogen) atoms. The molecule has 0 spiro atoms. The lowest BCUT2D eigenvalue weighted by Crippen LogP contribution is -2.49. The van der Waals surface area contributed by atoms with Crippen LogP contribution in [0.2, 0.25) is 0 Å². The summed E-state index contributed by atoms with van der Waals surface area (Å²) in [5, 5.41) is 13.9. The Hall–Kier alpha value is -2.96. The fourth-order valence-electron chi connectivity index (χ4n) is 4.27. The van der Waals surface area contributed by atoms with Crippen molar-refractivity contribution in [2.24, 2.45) is 11.7 Å². The Bertz CT molecular complexity index is 979. The molecular weight excluding hydrogens is 429 g/mol. The maximum atomic E-state index is 13.1. The number of fused-ring (bicyclic) bond motifs is 1. The molecule has 2 amide bonds. The van der Waals surface area contributed by atoms with E-state index in [-0.39, 0.29) is 36.0 Å². The van der Waals surface area contributed by atoms with Crippen molar-refractivity contribution in [3.05, 3.63) is 18.0 Å². The first-order valence-electron chi connectivity index (χ1n) is 10.6. The smallest absolute Gasteiger partial charge is 0.369 e. The van der Waals surface area contributed by atoms with E-state index >= 15 is 0 Å². The second-order valence-corrected chi connectivity index (χ2v) is 8.27. The van der Waals surface area contributed by atoms with Crippen LogP contribution in [0, 0.1) is 5.92 Å².